The van der Waals surface area contributed by atoms with Gasteiger partial charge in [0, 0.05) is 24.0 Å². The molecule has 14 heavy (non-hydrogen) atoms. The van der Waals surface area contributed by atoms with Crippen LogP contribution in [0.15, 0.2) is 18.5 Å². The summed E-state index contributed by atoms with van der Waals surface area (Å²) in [6, 6.07) is 2.30. The lowest BCUT2D eigenvalue weighted by atomic mass is 9.98. The molecule has 0 radical (unpaired) electrons. The Labute approximate surface area is 83.5 Å². The lowest BCUT2D eigenvalue weighted by molar-refractivity contribution is 0.112. The van der Waals surface area contributed by atoms with E-state index >= 15 is 0 Å². The molecule has 0 aliphatic carbocycles. The molecule has 1 fully saturated rings. The molecule has 1 atom stereocenters. The maximum atomic E-state index is 10.6. The third-order valence-electron chi connectivity index (χ3n) is 2.63. The maximum Gasteiger partial charge on any atom is 0.151 e. The lowest BCUT2D eigenvalue weighted by Gasteiger charge is -2.23. The van der Waals surface area contributed by atoms with E-state index in [0.717, 1.165) is 24.8 Å². The number of carbonyl (C=O) groups is 1. The molecular formula is C11H14N2O. The fourth-order valence-corrected chi connectivity index (χ4v) is 1.87. The Balaban J connectivity index is 2.17. The smallest absolute Gasteiger partial charge is 0.151 e. The predicted octanol–water partition coefficient (Wildman–Crippen LogP) is 1.71. The summed E-state index contributed by atoms with van der Waals surface area (Å²) in [6.45, 7) is 1.07. The zero-order chi connectivity index (χ0) is 9.80. The molecule has 3 heteroatoms. The topological polar surface area (TPSA) is 42.0 Å². The van der Waals surface area contributed by atoms with Crippen molar-refractivity contribution in [2.45, 2.75) is 25.3 Å². The Hall–Kier alpha value is -1.22. The van der Waals surface area contributed by atoms with E-state index in [1.54, 1.807) is 6.20 Å². The first-order valence-electron chi connectivity index (χ1n) is 5.03. The van der Waals surface area contributed by atoms with Crippen molar-refractivity contribution in [3.8, 4) is 0 Å². The average Bonchev–Trinajstić information content (AvgIpc) is 2.30. The summed E-state index contributed by atoms with van der Waals surface area (Å²) >= 11 is 0. The zero-order valence-corrected chi connectivity index (χ0v) is 8.07. The van der Waals surface area contributed by atoms with Gasteiger partial charge >= 0.3 is 0 Å². The first-order chi connectivity index (χ1) is 6.90. The van der Waals surface area contributed by atoms with E-state index in [0.29, 0.717) is 11.6 Å². The molecule has 74 valence electrons. The number of aldehydes is 1. The summed E-state index contributed by atoms with van der Waals surface area (Å²) in [5.41, 5.74) is 1.80. The minimum atomic E-state index is 0.385. The van der Waals surface area contributed by atoms with E-state index in [1.165, 1.54) is 12.8 Å². The minimum absolute atomic E-state index is 0.385. The van der Waals surface area contributed by atoms with Crippen LogP contribution in [0.2, 0.25) is 0 Å². The highest BCUT2D eigenvalue weighted by Crippen LogP contribution is 2.22. The van der Waals surface area contributed by atoms with Crippen LogP contribution in [0.3, 0.4) is 0 Å². The van der Waals surface area contributed by atoms with Gasteiger partial charge in [0.2, 0.25) is 0 Å². The van der Waals surface area contributed by atoms with E-state index in [-0.39, 0.29) is 0 Å². The lowest BCUT2D eigenvalue weighted by Crippen LogP contribution is -2.26. The summed E-state index contributed by atoms with van der Waals surface area (Å²) in [5, 5.41) is 3.43. The van der Waals surface area contributed by atoms with E-state index in [1.807, 2.05) is 12.3 Å². The van der Waals surface area contributed by atoms with Crippen molar-refractivity contribution in [2.75, 3.05) is 6.54 Å². The fourth-order valence-electron chi connectivity index (χ4n) is 1.87. The van der Waals surface area contributed by atoms with Crippen molar-refractivity contribution in [3.05, 3.63) is 29.6 Å². The van der Waals surface area contributed by atoms with E-state index < -0.39 is 0 Å². The molecule has 1 aliphatic rings. The van der Waals surface area contributed by atoms with Gasteiger partial charge in [-0.25, -0.2) is 0 Å². The van der Waals surface area contributed by atoms with Gasteiger partial charge in [-0.1, -0.05) is 6.42 Å². The van der Waals surface area contributed by atoms with E-state index in [4.69, 9.17) is 0 Å². The van der Waals surface area contributed by atoms with E-state index in [9.17, 15) is 4.79 Å². The van der Waals surface area contributed by atoms with Crippen LogP contribution in [-0.2, 0) is 0 Å². The molecule has 1 aromatic heterocycles. The molecule has 2 heterocycles. The van der Waals surface area contributed by atoms with Crippen molar-refractivity contribution in [3.63, 3.8) is 0 Å². The molecule has 2 rings (SSSR count). The molecule has 1 saturated heterocycles. The van der Waals surface area contributed by atoms with Crippen molar-refractivity contribution >= 4 is 6.29 Å². The predicted molar refractivity (Wildman–Crippen MR) is 54.2 cm³/mol. The van der Waals surface area contributed by atoms with Gasteiger partial charge in [-0.05, 0) is 31.0 Å². The molecule has 1 aliphatic heterocycles. The molecule has 1 N–H and O–H groups in total. The van der Waals surface area contributed by atoms with Gasteiger partial charge in [-0.3, -0.25) is 9.78 Å². The normalized spacial score (nSPS) is 21.9. The van der Waals surface area contributed by atoms with Crippen LogP contribution in [0.4, 0.5) is 0 Å². The molecule has 0 spiro atoms. The SMILES string of the molecule is O=Cc1cncc([C@H]2CCCCN2)c1. The number of pyridine rings is 1. The van der Waals surface area contributed by atoms with Crippen LogP contribution in [0.25, 0.3) is 0 Å². The number of rotatable bonds is 2. The Morgan fingerprint density at radius 1 is 1.43 bits per heavy atom. The highest BCUT2D eigenvalue weighted by atomic mass is 16.1. The molecule has 1 aromatic rings. The van der Waals surface area contributed by atoms with Crippen LogP contribution in [0.5, 0.6) is 0 Å². The van der Waals surface area contributed by atoms with Gasteiger partial charge in [-0.15, -0.1) is 0 Å². The third-order valence-corrected chi connectivity index (χ3v) is 2.63. The Bertz CT molecular complexity index is 319. The second-order valence-electron chi connectivity index (χ2n) is 3.67. The van der Waals surface area contributed by atoms with Crippen LogP contribution in [0.1, 0.15) is 41.2 Å². The quantitative estimate of drug-likeness (QED) is 0.722. The van der Waals surface area contributed by atoms with E-state index in [2.05, 4.69) is 10.3 Å². The highest BCUT2D eigenvalue weighted by molar-refractivity contribution is 5.74. The largest absolute Gasteiger partial charge is 0.310 e. The fraction of sp³-hybridized carbons (Fsp3) is 0.455. The van der Waals surface area contributed by atoms with Crippen molar-refractivity contribution in [2.24, 2.45) is 0 Å². The van der Waals surface area contributed by atoms with Gasteiger partial charge in [0.15, 0.2) is 6.29 Å². The van der Waals surface area contributed by atoms with Crippen LogP contribution in [-0.4, -0.2) is 17.8 Å². The minimum Gasteiger partial charge on any atom is -0.310 e. The van der Waals surface area contributed by atoms with Crippen LogP contribution in [0, 0.1) is 0 Å². The average molecular weight is 190 g/mol. The number of nitrogens with one attached hydrogen (secondary N) is 1. The van der Waals surface area contributed by atoms with Gasteiger partial charge in [0.1, 0.15) is 0 Å². The monoisotopic (exact) mass is 190 g/mol. The Morgan fingerprint density at radius 3 is 3.07 bits per heavy atom. The number of hydrogen-bond acceptors (Lipinski definition) is 3. The van der Waals surface area contributed by atoms with Crippen molar-refractivity contribution in [1.82, 2.24) is 10.3 Å². The van der Waals surface area contributed by atoms with Crippen LogP contribution >= 0.6 is 0 Å². The number of carbonyl (C=O) groups excluding carboxylic acids is 1. The van der Waals surface area contributed by atoms with Crippen molar-refractivity contribution in [1.29, 1.82) is 0 Å². The number of piperidine rings is 1. The van der Waals surface area contributed by atoms with Crippen molar-refractivity contribution < 1.29 is 4.79 Å². The second-order valence-corrected chi connectivity index (χ2v) is 3.67. The van der Waals surface area contributed by atoms with Gasteiger partial charge in [0.25, 0.3) is 0 Å². The zero-order valence-electron chi connectivity index (χ0n) is 8.07. The molecule has 0 aromatic carbocycles. The van der Waals surface area contributed by atoms with Gasteiger partial charge in [0.05, 0.1) is 0 Å². The number of nitrogens with zero attached hydrogens (tertiary/aromatic N) is 1. The number of aromatic nitrogens is 1. The summed E-state index contributed by atoms with van der Waals surface area (Å²) in [5.74, 6) is 0. The first kappa shape index (κ1) is 9.34. The molecule has 0 bridgehead atoms. The van der Waals surface area contributed by atoms with Gasteiger partial charge in [-0.2, -0.15) is 0 Å². The molecule has 0 amide bonds. The summed E-state index contributed by atoms with van der Waals surface area (Å²) in [6.07, 6.45) is 7.93. The number of hydrogen-bond donors (Lipinski definition) is 1. The first-order valence-corrected chi connectivity index (χ1v) is 5.03. The van der Waals surface area contributed by atoms with Crippen LogP contribution < -0.4 is 5.32 Å². The molecule has 0 unspecified atom stereocenters. The molecule has 3 nitrogen and oxygen atoms in total. The molecular weight excluding hydrogens is 176 g/mol. The third kappa shape index (κ3) is 1.99. The summed E-state index contributed by atoms with van der Waals surface area (Å²) in [7, 11) is 0. The second kappa shape index (κ2) is 4.33. The summed E-state index contributed by atoms with van der Waals surface area (Å²) < 4.78 is 0. The molecule has 0 saturated carbocycles. The Kier molecular flexibility index (Phi) is 2.89. The van der Waals surface area contributed by atoms with Gasteiger partial charge < -0.3 is 5.32 Å². The standard InChI is InChI=1S/C11H14N2O/c14-8-9-5-10(7-12-6-9)11-3-1-2-4-13-11/h5-8,11,13H,1-4H2/t11-/m1/s1. The Morgan fingerprint density at radius 2 is 2.36 bits per heavy atom. The summed E-state index contributed by atoms with van der Waals surface area (Å²) in [4.78, 5) is 14.6. The highest BCUT2D eigenvalue weighted by Gasteiger charge is 2.14. The maximum absolute atomic E-state index is 10.6.